The first kappa shape index (κ1) is 11.4. The highest BCUT2D eigenvalue weighted by Crippen LogP contribution is 2.47. The van der Waals surface area contributed by atoms with Gasteiger partial charge in [-0.3, -0.25) is 0 Å². The molecule has 3 rings (SSSR count). The van der Waals surface area contributed by atoms with E-state index in [0.29, 0.717) is 11.0 Å². The van der Waals surface area contributed by atoms with Gasteiger partial charge in [-0.15, -0.1) is 0 Å². The molecule has 3 atom stereocenters. The first-order valence-corrected chi connectivity index (χ1v) is 6.98. The van der Waals surface area contributed by atoms with Crippen LogP contribution in [0.4, 0.5) is 4.39 Å². The van der Waals surface area contributed by atoms with Gasteiger partial charge in [0, 0.05) is 35.1 Å². The van der Waals surface area contributed by atoms with Crippen LogP contribution in [0.3, 0.4) is 0 Å². The molecule has 17 heavy (non-hydrogen) atoms. The average molecular weight is 253 g/mol. The standard InChI is InChI=1S/C13H16FNOS/c1-8-5-13(7-17-8)6-11(15)10-3-2-9(14)4-12(10)16-13/h2-4,8,11H,5-7,15H2,1H3/t8?,11-,13?/m1/s1. The summed E-state index contributed by atoms with van der Waals surface area (Å²) < 4.78 is 19.3. The van der Waals surface area contributed by atoms with Crippen molar-refractivity contribution in [2.24, 2.45) is 5.73 Å². The molecule has 1 aromatic rings. The first-order chi connectivity index (χ1) is 8.08. The van der Waals surface area contributed by atoms with Crippen LogP contribution in [0.5, 0.6) is 5.75 Å². The zero-order valence-electron chi connectivity index (χ0n) is 9.78. The SMILES string of the molecule is CC1CC2(CS1)C[C@@H](N)c1ccc(F)cc1O2. The van der Waals surface area contributed by atoms with Crippen LogP contribution in [0.25, 0.3) is 0 Å². The number of thioether (sulfide) groups is 1. The Hall–Kier alpha value is -0.740. The number of rotatable bonds is 0. The van der Waals surface area contributed by atoms with Crippen molar-refractivity contribution in [1.29, 1.82) is 0 Å². The Kier molecular flexibility index (Phi) is 2.60. The second-order valence-electron chi connectivity index (χ2n) is 5.10. The molecular weight excluding hydrogens is 237 g/mol. The monoisotopic (exact) mass is 253 g/mol. The lowest BCUT2D eigenvalue weighted by molar-refractivity contribution is 0.0571. The van der Waals surface area contributed by atoms with Crippen molar-refractivity contribution in [1.82, 2.24) is 0 Å². The molecule has 0 bridgehead atoms. The van der Waals surface area contributed by atoms with E-state index in [9.17, 15) is 4.39 Å². The summed E-state index contributed by atoms with van der Waals surface area (Å²) >= 11 is 1.91. The molecule has 92 valence electrons. The first-order valence-electron chi connectivity index (χ1n) is 5.94. The summed E-state index contributed by atoms with van der Waals surface area (Å²) in [5.74, 6) is 1.34. The molecule has 2 aliphatic rings. The summed E-state index contributed by atoms with van der Waals surface area (Å²) in [4.78, 5) is 0. The van der Waals surface area contributed by atoms with Gasteiger partial charge in [-0.1, -0.05) is 13.0 Å². The van der Waals surface area contributed by atoms with E-state index in [4.69, 9.17) is 10.5 Å². The zero-order valence-corrected chi connectivity index (χ0v) is 10.6. The van der Waals surface area contributed by atoms with Gasteiger partial charge in [0.1, 0.15) is 17.2 Å². The highest BCUT2D eigenvalue weighted by molar-refractivity contribution is 8.00. The van der Waals surface area contributed by atoms with E-state index in [2.05, 4.69) is 6.92 Å². The maximum atomic E-state index is 13.2. The van der Waals surface area contributed by atoms with Crippen LogP contribution >= 0.6 is 11.8 Å². The minimum atomic E-state index is -0.258. The number of benzene rings is 1. The number of nitrogens with two attached hydrogens (primary N) is 1. The maximum absolute atomic E-state index is 13.2. The van der Waals surface area contributed by atoms with Gasteiger partial charge in [0.2, 0.25) is 0 Å². The number of fused-ring (bicyclic) bond motifs is 1. The lowest BCUT2D eigenvalue weighted by Gasteiger charge is -2.38. The molecule has 1 fully saturated rings. The van der Waals surface area contributed by atoms with Crippen molar-refractivity contribution in [3.05, 3.63) is 29.6 Å². The fourth-order valence-corrected chi connectivity index (χ4v) is 4.14. The van der Waals surface area contributed by atoms with Crippen molar-refractivity contribution in [2.45, 2.75) is 36.7 Å². The van der Waals surface area contributed by atoms with Crippen molar-refractivity contribution in [3.8, 4) is 5.75 Å². The molecule has 0 amide bonds. The predicted molar refractivity (Wildman–Crippen MR) is 67.8 cm³/mol. The third-order valence-corrected chi connectivity index (χ3v) is 5.01. The summed E-state index contributed by atoms with van der Waals surface area (Å²) in [6.07, 6.45) is 1.84. The van der Waals surface area contributed by atoms with Crippen molar-refractivity contribution >= 4 is 11.8 Å². The Morgan fingerprint density at radius 1 is 1.47 bits per heavy atom. The molecule has 2 nitrogen and oxygen atoms in total. The van der Waals surface area contributed by atoms with Gasteiger partial charge in [0.25, 0.3) is 0 Å². The lowest BCUT2D eigenvalue weighted by atomic mass is 9.86. The minimum Gasteiger partial charge on any atom is -0.486 e. The quantitative estimate of drug-likeness (QED) is 0.772. The Labute approximate surface area is 105 Å². The lowest BCUT2D eigenvalue weighted by Crippen LogP contribution is -2.43. The van der Waals surface area contributed by atoms with Gasteiger partial charge in [-0.05, 0) is 12.5 Å². The largest absolute Gasteiger partial charge is 0.486 e. The fourth-order valence-electron chi connectivity index (χ4n) is 2.84. The van der Waals surface area contributed by atoms with Crippen molar-refractivity contribution in [3.63, 3.8) is 0 Å². The molecule has 0 radical (unpaired) electrons. The Bertz CT molecular complexity index is 453. The minimum absolute atomic E-state index is 0.0368. The van der Waals surface area contributed by atoms with E-state index in [0.717, 1.165) is 24.2 Å². The van der Waals surface area contributed by atoms with Gasteiger partial charge in [0.15, 0.2) is 0 Å². The molecule has 1 saturated heterocycles. The highest BCUT2D eigenvalue weighted by Gasteiger charge is 2.45. The molecule has 0 saturated carbocycles. The second kappa shape index (κ2) is 3.89. The topological polar surface area (TPSA) is 35.2 Å². The van der Waals surface area contributed by atoms with Crippen LogP contribution in [0.2, 0.25) is 0 Å². The van der Waals surface area contributed by atoms with Gasteiger partial charge in [0.05, 0.1) is 0 Å². The van der Waals surface area contributed by atoms with E-state index < -0.39 is 0 Å². The number of halogens is 1. The highest BCUT2D eigenvalue weighted by atomic mass is 32.2. The van der Waals surface area contributed by atoms with Crippen LogP contribution in [-0.2, 0) is 0 Å². The number of hydrogen-bond acceptors (Lipinski definition) is 3. The van der Waals surface area contributed by atoms with E-state index in [-0.39, 0.29) is 17.5 Å². The molecule has 2 aliphatic heterocycles. The van der Waals surface area contributed by atoms with E-state index >= 15 is 0 Å². The summed E-state index contributed by atoms with van der Waals surface area (Å²) in [6, 6.07) is 4.62. The van der Waals surface area contributed by atoms with Gasteiger partial charge in [-0.25, -0.2) is 4.39 Å². The predicted octanol–water partition coefficient (Wildman–Crippen LogP) is 2.87. The molecule has 0 aromatic heterocycles. The number of hydrogen-bond donors (Lipinski definition) is 1. The van der Waals surface area contributed by atoms with Crippen LogP contribution < -0.4 is 10.5 Å². The van der Waals surface area contributed by atoms with Gasteiger partial charge >= 0.3 is 0 Å². The summed E-state index contributed by atoms with van der Waals surface area (Å²) in [7, 11) is 0. The van der Waals surface area contributed by atoms with Gasteiger partial charge in [-0.2, -0.15) is 11.8 Å². The molecule has 1 spiro atoms. The van der Waals surface area contributed by atoms with Gasteiger partial charge < -0.3 is 10.5 Å². The maximum Gasteiger partial charge on any atom is 0.127 e. The zero-order chi connectivity index (χ0) is 12.0. The van der Waals surface area contributed by atoms with Crippen molar-refractivity contribution in [2.75, 3.05) is 5.75 Å². The molecular formula is C13H16FNOS. The molecule has 2 heterocycles. The van der Waals surface area contributed by atoms with Crippen LogP contribution in [0.1, 0.15) is 31.4 Å². The molecule has 2 unspecified atom stereocenters. The van der Waals surface area contributed by atoms with E-state index in [1.54, 1.807) is 6.07 Å². The van der Waals surface area contributed by atoms with E-state index in [1.165, 1.54) is 12.1 Å². The van der Waals surface area contributed by atoms with Crippen LogP contribution in [-0.4, -0.2) is 16.6 Å². The Morgan fingerprint density at radius 2 is 2.29 bits per heavy atom. The van der Waals surface area contributed by atoms with Crippen molar-refractivity contribution < 1.29 is 9.13 Å². The average Bonchev–Trinajstić information content (AvgIpc) is 2.58. The number of ether oxygens (including phenoxy) is 1. The smallest absolute Gasteiger partial charge is 0.127 e. The van der Waals surface area contributed by atoms with Crippen LogP contribution in [0.15, 0.2) is 18.2 Å². The Morgan fingerprint density at radius 3 is 3.00 bits per heavy atom. The van der Waals surface area contributed by atoms with E-state index in [1.807, 2.05) is 11.8 Å². The van der Waals surface area contributed by atoms with Crippen LogP contribution in [0, 0.1) is 5.82 Å². The normalized spacial score (nSPS) is 35.7. The summed E-state index contributed by atoms with van der Waals surface area (Å²) in [5, 5.41) is 0.595. The molecule has 2 N–H and O–H groups in total. The second-order valence-corrected chi connectivity index (χ2v) is 6.53. The molecule has 1 aromatic carbocycles. The molecule has 4 heteroatoms. The summed E-state index contributed by atoms with van der Waals surface area (Å²) in [5.41, 5.74) is 6.94. The third-order valence-electron chi connectivity index (χ3n) is 3.58. The summed E-state index contributed by atoms with van der Waals surface area (Å²) in [6.45, 7) is 2.20. The Balaban J connectivity index is 1.97. The fraction of sp³-hybridized carbons (Fsp3) is 0.538. The molecule has 0 aliphatic carbocycles. The third kappa shape index (κ3) is 1.93.